The summed E-state index contributed by atoms with van der Waals surface area (Å²) in [5, 5.41) is 0. The van der Waals surface area contributed by atoms with Crippen LogP contribution >= 0.6 is 0 Å². The van der Waals surface area contributed by atoms with Crippen molar-refractivity contribution in [3.8, 4) is 0 Å². The number of hydrogen-bond acceptors (Lipinski definition) is 3. The van der Waals surface area contributed by atoms with E-state index in [9.17, 15) is 0 Å². The van der Waals surface area contributed by atoms with Crippen LogP contribution in [0.5, 0.6) is 0 Å². The monoisotopic (exact) mass is 218 g/mol. The molecule has 1 saturated carbocycles. The van der Waals surface area contributed by atoms with Gasteiger partial charge in [-0.1, -0.05) is 12.1 Å². The Balaban J connectivity index is 1.78. The van der Waals surface area contributed by atoms with Crippen LogP contribution in [0.1, 0.15) is 6.42 Å². The first-order chi connectivity index (χ1) is 7.79. The molecule has 3 heteroatoms. The summed E-state index contributed by atoms with van der Waals surface area (Å²) in [6.45, 7) is 2.17. The summed E-state index contributed by atoms with van der Waals surface area (Å²) >= 11 is 0. The van der Waals surface area contributed by atoms with Crippen LogP contribution in [0.25, 0.3) is 0 Å². The van der Waals surface area contributed by atoms with Gasteiger partial charge in [0.25, 0.3) is 0 Å². The van der Waals surface area contributed by atoms with E-state index in [1.54, 1.807) is 0 Å². The minimum absolute atomic E-state index is 0.487. The number of benzene rings is 1. The molecule has 2 atom stereocenters. The lowest BCUT2D eigenvalue weighted by Gasteiger charge is -2.53. The molecule has 3 fully saturated rings. The predicted octanol–water partition coefficient (Wildman–Crippen LogP) is 1.74. The van der Waals surface area contributed by atoms with E-state index < -0.39 is 0 Å². The van der Waals surface area contributed by atoms with Crippen molar-refractivity contribution >= 4 is 11.4 Å². The molecular formula is C13H18N2O. The van der Waals surface area contributed by atoms with Crippen LogP contribution in [0.15, 0.2) is 24.3 Å². The largest absolute Gasteiger partial charge is 0.397 e. The molecule has 2 unspecified atom stereocenters. The normalized spacial score (nSPS) is 32.3. The molecule has 3 aliphatic rings. The average molecular weight is 218 g/mol. The molecule has 2 heterocycles. The first kappa shape index (κ1) is 9.97. The van der Waals surface area contributed by atoms with Gasteiger partial charge in [-0.25, -0.2) is 0 Å². The molecule has 0 spiro atoms. The van der Waals surface area contributed by atoms with Gasteiger partial charge in [-0.3, -0.25) is 0 Å². The first-order valence-electron chi connectivity index (χ1n) is 5.92. The number of ether oxygens (including phenoxy) is 1. The fourth-order valence-corrected chi connectivity index (χ4v) is 3.20. The number of anilines is 2. The Kier molecular flexibility index (Phi) is 2.28. The predicted molar refractivity (Wildman–Crippen MR) is 65.5 cm³/mol. The number of nitrogens with zero attached hydrogens (tertiary/aromatic N) is 1. The van der Waals surface area contributed by atoms with Crippen LogP contribution in [0.4, 0.5) is 11.4 Å². The number of methoxy groups -OCH3 is 1. The van der Waals surface area contributed by atoms with Crippen molar-refractivity contribution in [1.82, 2.24) is 0 Å². The van der Waals surface area contributed by atoms with Gasteiger partial charge >= 0.3 is 0 Å². The molecule has 2 N–H and O–H groups in total. The van der Waals surface area contributed by atoms with Crippen LogP contribution < -0.4 is 10.6 Å². The number of piperidine rings is 2. The summed E-state index contributed by atoms with van der Waals surface area (Å²) in [5.74, 6) is 1.40. The second-order valence-corrected chi connectivity index (χ2v) is 4.92. The molecule has 0 amide bonds. The Hall–Kier alpha value is -1.22. The van der Waals surface area contributed by atoms with Gasteiger partial charge in [0.05, 0.1) is 17.5 Å². The van der Waals surface area contributed by atoms with Crippen LogP contribution in [-0.2, 0) is 4.74 Å². The van der Waals surface area contributed by atoms with Crippen molar-refractivity contribution in [2.75, 3.05) is 30.8 Å². The highest BCUT2D eigenvalue weighted by Gasteiger charge is 2.47. The Morgan fingerprint density at radius 3 is 2.56 bits per heavy atom. The molecule has 0 aromatic heterocycles. The number of hydrogen-bond donors (Lipinski definition) is 1. The summed E-state index contributed by atoms with van der Waals surface area (Å²) in [7, 11) is 1.83. The van der Waals surface area contributed by atoms with Crippen molar-refractivity contribution in [1.29, 1.82) is 0 Å². The van der Waals surface area contributed by atoms with Gasteiger partial charge in [0.2, 0.25) is 0 Å². The second-order valence-electron chi connectivity index (χ2n) is 4.92. The zero-order chi connectivity index (χ0) is 11.1. The number of nitrogen functional groups attached to an aromatic ring is 1. The van der Waals surface area contributed by atoms with Crippen molar-refractivity contribution in [2.24, 2.45) is 11.8 Å². The highest BCUT2D eigenvalue weighted by Crippen LogP contribution is 2.43. The lowest BCUT2D eigenvalue weighted by molar-refractivity contribution is -0.0814. The third kappa shape index (κ3) is 1.39. The fourth-order valence-electron chi connectivity index (χ4n) is 3.20. The van der Waals surface area contributed by atoms with Crippen molar-refractivity contribution in [2.45, 2.75) is 12.5 Å². The van der Waals surface area contributed by atoms with Gasteiger partial charge in [0.15, 0.2) is 0 Å². The lowest BCUT2D eigenvalue weighted by atomic mass is 9.68. The minimum Gasteiger partial charge on any atom is -0.397 e. The van der Waals surface area contributed by atoms with Crippen LogP contribution in [0, 0.1) is 11.8 Å². The van der Waals surface area contributed by atoms with Crippen LogP contribution in [-0.4, -0.2) is 26.3 Å². The molecule has 86 valence electrons. The van der Waals surface area contributed by atoms with E-state index in [1.165, 1.54) is 12.1 Å². The number of para-hydroxylation sites is 2. The Labute approximate surface area is 96.2 Å². The smallest absolute Gasteiger partial charge is 0.0661 e. The number of rotatable bonds is 2. The molecule has 1 aliphatic carbocycles. The summed E-state index contributed by atoms with van der Waals surface area (Å²) < 4.78 is 5.51. The fraction of sp³-hybridized carbons (Fsp3) is 0.538. The van der Waals surface area contributed by atoms with Crippen molar-refractivity contribution in [3.05, 3.63) is 24.3 Å². The third-order valence-corrected chi connectivity index (χ3v) is 3.99. The van der Waals surface area contributed by atoms with E-state index in [0.717, 1.165) is 18.8 Å². The van der Waals surface area contributed by atoms with E-state index in [1.807, 2.05) is 19.2 Å². The van der Waals surface area contributed by atoms with Crippen LogP contribution in [0.2, 0.25) is 0 Å². The van der Waals surface area contributed by atoms with Gasteiger partial charge in [-0.2, -0.15) is 0 Å². The number of nitrogens with two attached hydrogens (primary N) is 1. The summed E-state index contributed by atoms with van der Waals surface area (Å²) in [6.07, 6.45) is 1.81. The standard InChI is InChI=1S/C13H18N2O/c1-16-13-9-6-10(13)8-15(7-9)12-5-3-2-4-11(12)14/h2-5,9-10,13H,6-8,14H2,1H3. The molecule has 16 heavy (non-hydrogen) atoms. The van der Waals surface area contributed by atoms with Crippen LogP contribution in [0.3, 0.4) is 0 Å². The van der Waals surface area contributed by atoms with E-state index in [4.69, 9.17) is 10.5 Å². The van der Waals surface area contributed by atoms with Gasteiger partial charge < -0.3 is 15.4 Å². The highest BCUT2D eigenvalue weighted by molar-refractivity contribution is 5.67. The summed E-state index contributed by atoms with van der Waals surface area (Å²) in [6, 6.07) is 8.13. The Morgan fingerprint density at radius 1 is 1.25 bits per heavy atom. The van der Waals surface area contributed by atoms with E-state index in [0.29, 0.717) is 17.9 Å². The molecule has 3 nitrogen and oxygen atoms in total. The number of fused-ring (bicyclic) bond motifs is 2. The maximum absolute atomic E-state index is 6.01. The van der Waals surface area contributed by atoms with Gasteiger partial charge in [0.1, 0.15) is 0 Å². The third-order valence-electron chi connectivity index (χ3n) is 3.99. The molecule has 2 aliphatic heterocycles. The Morgan fingerprint density at radius 2 is 1.94 bits per heavy atom. The molecular weight excluding hydrogens is 200 g/mol. The Bertz CT molecular complexity index is 381. The van der Waals surface area contributed by atoms with Gasteiger partial charge in [-0.15, -0.1) is 0 Å². The topological polar surface area (TPSA) is 38.5 Å². The van der Waals surface area contributed by atoms with E-state index >= 15 is 0 Å². The SMILES string of the molecule is COC1C2CC1CN(c1ccccc1N)C2. The summed E-state index contributed by atoms with van der Waals surface area (Å²) in [5.41, 5.74) is 8.08. The zero-order valence-electron chi connectivity index (χ0n) is 9.60. The van der Waals surface area contributed by atoms with Gasteiger partial charge in [0, 0.05) is 32.0 Å². The average Bonchev–Trinajstić information content (AvgIpc) is 2.30. The second kappa shape index (κ2) is 3.67. The maximum Gasteiger partial charge on any atom is 0.0661 e. The highest BCUT2D eigenvalue weighted by atomic mass is 16.5. The maximum atomic E-state index is 6.01. The van der Waals surface area contributed by atoms with Crippen molar-refractivity contribution < 1.29 is 4.74 Å². The minimum atomic E-state index is 0.487. The molecule has 0 radical (unpaired) electrons. The van der Waals surface area contributed by atoms with E-state index in [2.05, 4.69) is 17.0 Å². The lowest BCUT2D eigenvalue weighted by Crippen LogP contribution is -2.59. The van der Waals surface area contributed by atoms with Crippen molar-refractivity contribution in [3.63, 3.8) is 0 Å². The van der Waals surface area contributed by atoms with Gasteiger partial charge in [-0.05, 0) is 18.6 Å². The molecule has 1 aromatic rings. The molecule has 1 aromatic carbocycles. The first-order valence-corrected chi connectivity index (χ1v) is 5.92. The quantitative estimate of drug-likeness (QED) is 0.768. The van der Waals surface area contributed by atoms with E-state index in [-0.39, 0.29) is 0 Å². The summed E-state index contributed by atoms with van der Waals surface area (Å²) in [4.78, 5) is 2.41. The molecule has 4 rings (SSSR count). The molecule has 2 bridgehead atoms. The zero-order valence-corrected chi connectivity index (χ0v) is 9.60. The molecule has 2 saturated heterocycles.